The summed E-state index contributed by atoms with van der Waals surface area (Å²) < 4.78 is 25.4. The summed E-state index contributed by atoms with van der Waals surface area (Å²) in [4.78, 5) is 9.88. The smallest absolute Gasteiger partial charge is 0.291 e. The first-order chi connectivity index (χ1) is 5.04. The number of terminal acetylenes is 1. The lowest BCUT2D eigenvalue weighted by atomic mass is 10.8. The Hall–Kier alpha value is -0.900. The van der Waals surface area contributed by atoms with Gasteiger partial charge in [0.1, 0.15) is 6.61 Å². The average Bonchev–Trinajstić information content (AvgIpc) is 1.99. The van der Waals surface area contributed by atoms with Crippen molar-refractivity contribution in [3.63, 3.8) is 0 Å². The van der Waals surface area contributed by atoms with Gasteiger partial charge in [-0.1, -0.05) is 5.92 Å². The van der Waals surface area contributed by atoms with E-state index in [4.69, 9.17) is 12.2 Å². The molecule has 0 aromatic carbocycles. The van der Waals surface area contributed by atoms with Crippen molar-refractivity contribution in [1.29, 1.82) is 0 Å². The number of hydrogen-bond acceptors (Lipinski definition) is 5. The van der Waals surface area contributed by atoms with Gasteiger partial charge < -0.3 is 10.5 Å². The molecule has 6 heteroatoms. The predicted octanol–water partition coefficient (Wildman–Crippen LogP) is -1.55. The fraction of sp³-hybridized carbons (Fsp3) is 0.400. The Morgan fingerprint density at radius 3 is 2.64 bits per heavy atom. The van der Waals surface area contributed by atoms with E-state index in [1.807, 2.05) is 5.92 Å². The van der Waals surface area contributed by atoms with Crippen LogP contribution in [-0.2, 0) is 19.1 Å². The number of nitrogens with two attached hydrogens (primary N) is 1. The number of carbonyl (C=O) groups excluding carboxylic acids is 1. The zero-order valence-corrected chi connectivity index (χ0v) is 6.37. The van der Waals surface area contributed by atoms with Crippen molar-refractivity contribution in [1.82, 2.24) is 0 Å². The molecule has 0 bridgehead atoms. The number of carbonyl (C=O) groups is 1. The molecule has 0 saturated heterocycles. The second-order valence-corrected chi connectivity index (χ2v) is 3.33. The van der Waals surface area contributed by atoms with Crippen molar-refractivity contribution in [2.24, 2.45) is 5.73 Å². The highest BCUT2D eigenvalue weighted by Gasteiger charge is 2.20. The molecule has 1 atom stereocenters. The monoisotopic (exact) mass is 177 g/mol. The van der Waals surface area contributed by atoms with Gasteiger partial charge in [0.05, 0.1) is 0 Å². The summed E-state index contributed by atoms with van der Waals surface area (Å²) in [5.41, 5.74) is 4.84. The average molecular weight is 177 g/mol. The van der Waals surface area contributed by atoms with Crippen LogP contribution in [0.5, 0.6) is 0 Å². The molecule has 11 heavy (non-hydrogen) atoms. The van der Waals surface area contributed by atoms with Gasteiger partial charge in [-0.15, -0.1) is 6.42 Å². The van der Waals surface area contributed by atoms with Crippen LogP contribution < -0.4 is 5.73 Å². The molecule has 1 unspecified atom stereocenters. The van der Waals surface area contributed by atoms with E-state index in [9.17, 15) is 13.2 Å². The second-order valence-electron chi connectivity index (χ2n) is 1.56. The molecule has 0 fully saturated rings. The largest absolute Gasteiger partial charge is 0.307 e. The number of hydrogen-bond donors (Lipinski definition) is 1. The minimum Gasteiger partial charge on any atom is -0.307 e. The van der Waals surface area contributed by atoms with Crippen molar-refractivity contribution < 1.29 is 17.4 Å². The molecule has 62 valence electrons. The highest BCUT2D eigenvalue weighted by atomic mass is 32.2. The standard InChI is InChI=1S/C5H7NO4S/c1-2-3-10-11(8,9)5(6)4-7/h1,4-5H,3,6H2. The van der Waals surface area contributed by atoms with Gasteiger partial charge in [-0.05, 0) is 0 Å². The van der Waals surface area contributed by atoms with Crippen LogP contribution in [0.25, 0.3) is 0 Å². The summed E-state index contributed by atoms with van der Waals surface area (Å²) in [6.07, 6.45) is 4.77. The van der Waals surface area contributed by atoms with Crippen LogP contribution in [0.15, 0.2) is 0 Å². The minimum absolute atomic E-state index is 0.0614. The lowest BCUT2D eigenvalue weighted by Gasteiger charge is -2.03. The Kier molecular flexibility index (Phi) is 3.74. The SMILES string of the molecule is C#CCOS(=O)(=O)C(N)C=O. The molecule has 2 N–H and O–H groups in total. The van der Waals surface area contributed by atoms with Crippen LogP contribution in [0, 0.1) is 12.3 Å². The van der Waals surface area contributed by atoms with E-state index in [2.05, 4.69) is 4.18 Å². The minimum atomic E-state index is -4.01. The molecule has 0 aliphatic carbocycles. The molecule has 0 rings (SSSR count). The number of aldehydes is 1. The van der Waals surface area contributed by atoms with E-state index >= 15 is 0 Å². The molecule has 0 saturated carbocycles. The predicted molar refractivity (Wildman–Crippen MR) is 37.7 cm³/mol. The van der Waals surface area contributed by atoms with E-state index < -0.39 is 22.1 Å². The summed E-state index contributed by atoms with van der Waals surface area (Å²) >= 11 is 0. The second kappa shape index (κ2) is 4.08. The topological polar surface area (TPSA) is 86.5 Å². The zero-order chi connectivity index (χ0) is 8.91. The maximum Gasteiger partial charge on any atom is 0.291 e. The normalized spacial score (nSPS) is 13.5. The molecule has 0 spiro atoms. The van der Waals surface area contributed by atoms with Crippen LogP contribution in [0.2, 0.25) is 0 Å². The Morgan fingerprint density at radius 1 is 1.73 bits per heavy atom. The summed E-state index contributed by atoms with van der Waals surface area (Å²) in [7, 11) is -4.01. The summed E-state index contributed by atoms with van der Waals surface area (Å²) in [5.74, 6) is 1.93. The van der Waals surface area contributed by atoms with Crippen molar-refractivity contribution in [2.75, 3.05) is 6.61 Å². The summed E-state index contributed by atoms with van der Waals surface area (Å²) in [6.45, 7) is -0.413. The van der Waals surface area contributed by atoms with Crippen molar-refractivity contribution in [2.45, 2.75) is 5.37 Å². The highest BCUT2D eigenvalue weighted by Crippen LogP contribution is 1.94. The Labute approximate surface area is 64.6 Å². The molecule has 0 heterocycles. The van der Waals surface area contributed by atoms with E-state index in [0.717, 1.165) is 0 Å². The van der Waals surface area contributed by atoms with E-state index in [1.165, 1.54) is 0 Å². The van der Waals surface area contributed by atoms with Gasteiger partial charge in [0.2, 0.25) is 0 Å². The first kappa shape index (κ1) is 10.1. The summed E-state index contributed by atoms with van der Waals surface area (Å²) in [5, 5.41) is -1.66. The van der Waals surface area contributed by atoms with Crippen LogP contribution in [0.3, 0.4) is 0 Å². The molecule has 0 aliphatic rings. The molecule has 0 radical (unpaired) electrons. The lowest BCUT2D eigenvalue weighted by molar-refractivity contribution is -0.107. The van der Waals surface area contributed by atoms with Gasteiger partial charge in [0.15, 0.2) is 11.7 Å². The Balaban J connectivity index is 4.26. The molecule has 0 aromatic rings. The van der Waals surface area contributed by atoms with Gasteiger partial charge in [0, 0.05) is 0 Å². The maximum absolute atomic E-state index is 10.6. The molecule has 5 nitrogen and oxygen atoms in total. The van der Waals surface area contributed by atoms with Crippen LogP contribution >= 0.6 is 0 Å². The van der Waals surface area contributed by atoms with Crippen LogP contribution in [0.4, 0.5) is 0 Å². The molecule has 0 aromatic heterocycles. The highest BCUT2D eigenvalue weighted by molar-refractivity contribution is 7.88. The quantitative estimate of drug-likeness (QED) is 0.319. The van der Waals surface area contributed by atoms with Gasteiger partial charge in [-0.25, -0.2) is 0 Å². The third-order valence-electron chi connectivity index (χ3n) is 0.774. The van der Waals surface area contributed by atoms with Gasteiger partial charge in [-0.2, -0.15) is 8.42 Å². The molecule has 0 amide bonds. The van der Waals surface area contributed by atoms with Crippen molar-refractivity contribution in [3.8, 4) is 12.3 Å². The van der Waals surface area contributed by atoms with E-state index in [0.29, 0.717) is 0 Å². The molecular formula is C5H7NO4S. The maximum atomic E-state index is 10.6. The first-order valence-electron chi connectivity index (χ1n) is 2.57. The van der Waals surface area contributed by atoms with Crippen LogP contribution in [0.1, 0.15) is 0 Å². The third kappa shape index (κ3) is 3.13. The zero-order valence-electron chi connectivity index (χ0n) is 5.56. The van der Waals surface area contributed by atoms with Gasteiger partial charge in [0.25, 0.3) is 10.1 Å². The fourth-order valence-electron chi connectivity index (χ4n) is 0.263. The van der Waals surface area contributed by atoms with Crippen molar-refractivity contribution >= 4 is 16.4 Å². The van der Waals surface area contributed by atoms with E-state index in [1.54, 1.807) is 0 Å². The van der Waals surface area contributed by atoms with Gasteiger partial charge in [-0.3, -0.25) is 4.18 Å². The van der Waals surface area contributed by atoms with E-state index in [-0.39, 0.29) is 6.29 Å². The summed E-state index contributed by atoms with van der Waals surface area (Å²) in [6, 6.07) is 0. The number of rotatable bonds is 4. The Bertz CT molecular complexity index is 263. The van der Waals surface area contributed by atoms with Crippen molar-refractivity contribution in [3.05, 3.63) is 0 Å². The first-order valence-corrected chi connectivity index (χ1v) is 4.04. The fourth-order valence-corrected chi connectivity index (χ4v) is 0.788. The molecule has 0 aliphatic heterocycles. The Morgan fingerprint density at radius 2 is 2.27 bits per heavy atom. The third-order valence-corrected chi connectivity index (χ3v) is 2.00. The van der Waals surface area contributed by atoms with Crippen LogP contribution in [-0.4, -0.2) is 26.7 Å². The van der Waals surface area contributed by atoms with Gasteiger partial charge >= 0.3 is 0 Å². The molecular weight excluding hydrogens is 170 g/mol. The lowest BCUT2D eigenvalue weighted by Crippen LogP contribution is -2.33.